The van der Waals surface area contributed by atoms with Gasteiger partial charge in [0.1, 0.15) is 5.76 Å². The normalized spacial score (nSPS) is 11.2. The molecule has 0 fully saturated rings. The van der Waals surface area contributed by atoms with Crippen LogP contribution in [0.1, 0.15) is 16.1 Å². The lowest BCUT2D eigenvalue weighted by atomic mass is 10.2. The summed E-state index contributed by atoms with van der Waals surface area (Å²) >= 11 is 5.85. The zero-order chi connectivity index (χ0) is 18.7. The topological polar surface area (TPSA) is 101 Å². The smallest absolute Gasteiger partial charge is 0.261 e. The van der Waals surface area contributed by atoms with Gasteiger partial charge < -0.3 is 9.84 Å². The number of anilines is 2. The summed E-state index contributed by atoms with van der Waals surface area (Å²) in [5.74, 6) is 0.422. The van der Waals surface area contributed by atoms with Crippen LogP contribution in [0.3, 0.4) is 0 Å². The molecular weight excluding hydrogens is 378 g/mol. The van der Waals surface area contributed by atoms with E-state index in [0.29, 0.717) is 16.5 Å². The zero-order valence-electron chi connectivity index (χ0n) is 13.6. The summed E-state index contributed by atoms with van der Waals surface area (Å²) in [4.78, 5) is 12.2. The number of halogens is 1. The van der Waals surface area contributed by atoms with E-state index in [1.54, 1.807) is 31.2 Å². The van der Waals surface area contributed by atoms with Crippen molar-refractivity contribution < 1.29 is 17.7 Å². The average molecular weight is 392 g/mol. The summed E-state index contributed by atoms with van der Waals surface area (Å²) in [5, 5.41) is 6.65. The second kappa shape index (κ2) is 7.19. The molecule has 7 nitrogen and oxygen atoms in total. The molecule has 0 unspecified atom stereocenters. The Morgan fingerprint density at radius 3 is 2.46 bits per heavy atom. The van der Waals surface area contributed by atoms with Gasteiger partial charge in [-0.1, -0.05) is 22.8 Å². The molecule has 0 saturated heterocycles. The van der Waals surface area contributed by atoms with Crippen molar-refractivity contribution >= 4 is 39.0 Å². The molecule has 0 aliphatic heterocycles. The van der Waals surface area contributed by atoms with Gasteiger partial charge in [-0.05, 0) is 49.4 Å². The van der Waals surface area contributed by atoms with Gasteiger partial charge in [-0.2, -0.15) is 0 Å². The lowest BCUT2D eigenvalue weighted by Gasteiger charge is -2.09. The first kappa shape index (κ1) is 18.0. The van der Waals surface area contributed by atoms with Crippen LogP contribution in [-0.4, -0.2) is 19.5 Å². The van der Waals surface area contributed by atoms with Crippen LogP contribution in [0.2, 0.25) is 5.02 Å². The Labute approximate surface area is 155 Å². The maximum Gasteiger partial charge on any atom is 0.261 e. The highest BCUT2D eigenvalue weighted by molar-refractivity contribution is 7.92. The lowest BCUT2D eigenvalue weighted by Crippen LogP contribution is -2.15. The lowest BCUT2D eigenvalue weighted by molar-refractivity contribution is 0.102. The van der Waals surface area contributed by atoms with Crippen molar-refractivity contribution in [2.45, 2.75) is 11.8 Å². The molecule has 3 aromatic rings. The number of hydrogen-bond acceptors (Lipinski definition) is 5. The Hall–Kier alpha value is -2.84. The van der Waals surface area contributed by atoms with Crippen LogP contribution < -0.4 is 10.0 Å². The Bertz CT molecular complexity index is 1050. The van der Waals surface area contributed by atoms with Gasteiger partial charge in [0.25, 0.3) is 15.9 Å². The van der Waals surface area contributed by atoms with Crippen LogP contribution in [0, 0.1) is 6.92 Å². The molecule has 3 rings (SSSR count). The third kappa shape index (κ3) is 4.22. The van der Waals surface area contributed by atoms with E-state index in [-0.39, 0.29) is 16.3 Å². The first-order valence-corrected chi connectivity index (χ1v) is 9.33. The average Bonchev–Trinajstić information content (AvgIpc) is 2.99. The Morgan fingerprint density at radius 2 is 1.85 bits per heavy atom. The molecule has 26 heavy (non-hydrogen) atoms. The van der Waals surface area contributed by atoms with Gasteiger partial charge in [-0.3, -0.25) is 9.52 Å². The summed E-state index contributed by atoms with van der Waals surface area (Å²) in [6.07, 6.45) is 0. The molecule has 134 valence electrons. The number of benzene rings is 2. The van der Waals surface area contributed by atoms with Crippen molar-refractivity contribution in [1.82, 2.24) is 5.16 Å². The monoisotopic (exact) mass is 391 g/mol. The largest absolute Gasteiger partial charge is 0.360 e. The number of carbonyl (C=O) groups excluding carboxylic acids is 1. The van der Waals surface area contributed by atoms with Crippen LogP contribution in [0.25, 0.3) is 0 Å². The Kier molecular flexibility index (Phi) is 4.97. The van der Waals surface area contributed by atoms with Crippen molar-refractivity contribution in [3.05, 3.63) is 70.9 Å². The quantitative estimate of drug-likeness (QED) is 0.690. The van der Waals surface area contributed by atoms with E-state index in [1.807, 2.05) is 0 Å². The van der Waals surface area contributed by atoms with E-state index < -0.39 is 15.9 Å². The summed E-state index contributed by atoms with van der Waals surface area (Å²) in [6.45, 7) is 1.70. The fraction of sp³-hybridized carbons (Fsp3) is 0.0588. The Morgan fingerprint density at radius 1 is 1.12 bits per heavy atom. The van der Waals surface area contributed by atoms with Crippen molar-refractivity contribution in [3.8, 4) is 0 Å². The summed E-state index contributed by atoms with van der Waals surface area (Å²) in [5.41, 5.74) is 0.632. The van der Waals surface area contributed by atoms with Gasteiger partial charge in [0.15, 0.2) is 5.82 Å². The van der Waals surface area contributed by atoms with Gasteiger partial charge in [0.05, 0.1) is 10.6 Å². The second-order valence-electron chi connectivity index (χ2n) is 5.42. The van der Waals surface area contributed by atoms with Gasteiger partial charge >= 0.3 is 0 Å². The maximum atomic E-state index is 12.4. The van der Waals surface area contributed by atoms with Crippen LogP contribution in [0.15, 0.2) is 64.0 Å². The molecule has 1 aromatic heterocycles. The number of rotatable bonds is 5. The molecular formula is C17H14ClN3O4S. The summed E-state index contributed by atoms with van der Waals surface area (Å²) < 4.78 is 32.1. The fourth-order valence-corrected chi connectivity index (χ4v) is 3.41. The standard InChI is InChI=1S/C17H14ClN3O4S/c1-11-9-16(20-25-11)19-17(22)12-5-7-15(8-6-12)26(23,24)21-14-4-2-3-13(18)10-14/h2-10,21H,1H3,(H,19,20,22). The van der Waals surface area contributed by atoms with E-state index in [4.69, 9.17) is 16.1 Å². The maximum absolute atomic E-state index is 12.4. The van der Waals surface area contributed by atoms with E-state index in [2.05, 4.69) is 15.2 Å². The first-order chi connectivity index (χ1) is 12.3. The van der Waals surface area contributed by atoms with Crippen LogP contribution >= 0.6 is 11.6 Å². The minimum Gasteiger partial charge on any atom is -0.360 e. The highest BCUT2D eigenvalue weighted by Gasteiger charge is 2.16. The molecule has 0 aliphatic rings. The minimum atomic E-state index is -3.80. The number of aryl methyl sites for hydroxylation is 1. The van der Waals surface area contributed by atoms with E-state index in [1.165, 1.54) is 30.3 Å². The first-order valence-electron chi connectivity index (χ1n) is 7.47. The number of sulfonamides is 1. The predicted molar refractivity (Wildman–Crippen MR) is 97.9 cm³/mol. The third-order valence-corrected chi connectivity index (χ3v) is 5.01. The van der Waals surface area contributed by atoms with Crippen molar-refractivity contribution in [2.75, 3.05) is 10.0 Å². The van der Waals surface area contributed by atoms with Crippen molar-refractivity contribution in [1.29, 1.82) is 0 Å². The Balaban J connectivity index is 1.74. The molecule has 1 amide bonds. The van der Waals surface area contributed by atoms with Gasteiger partial charge in [-0.15, -0.1) is 0 Å². The van der Waals surface area contributed by atoms with Crippen LogP contribution in [0.4, 0.5) is 11.5 Å². The minimum absolute atomic E-state index is 0.0197. The van der Waals surface area contributed by atoms with Crippen molar-refractivity contribution in [2.24, 2.45) is 0 Å². The fourth-order valence-electron chi connectivity index (χ4n) is 2.17. The summed E-state index contributed by atoms with van der Waals surface area (Å²) in [7, 11) is -3.80. The molecule has 0 bridgehead atoms. The van der Waals surface area contributed by atoms with E-state index in [9.17, 15) is 13.2 Å². The number of nitrogens with one attached hydrogen (secondary N) is 2. The molecule has 2 aromatic carbocycles. The number of aromatic nitrogens is 1. The molecule has 9 heteroatoms. The number of hydrogen-bond donors (Lipinski definition) is 2. The van der Waals surface area contributed by atoms with E-state index >= 15 is 0 Å². The molecule has 2 N–H and O–H groups in total. The van der Waals surface area contributed by atoms with Gasteiger partial charge in [0, 0.05) is 16.7 Å². The van der Waals surface area contributed by atoms with Crippen LogP contribution in [0.5, 0.6) is 0 Å². The molecule has 1 heterocycles. The van der Waals surface area contributed by atoms with Crippen molar-refractivity contribution in [3.63, 3.8) is 0 Å². The van der Waals surface area contributed by atoms with Crippen LogP contribution in [-0.2, 0) is 10.0 Å². The number of carbonyl (C=O) groups is 1. The van der Waals surface area contributed by atoms with E-state index in [0.717, 1.165) is 0 Å². The highest BCUT2D eigenvalue weighted by Crippen LogP contribution is 2.20. The third-order valence-electron chi connectivity index (χ3n) is 3.37. The molecule has 0 spiro atoms. The SMILES string of the molecule is Cc1cc(NC(=O)c2ccc(S(=O)(=O)Nc3cccc(Cl)c3)cc2)no1. The second-order valence-corrected chi connectivity index (χ2v) is 7.54. The molecule has 0 radical (unpaired) electrons. The zero-order valence-corrected chi connectivity index (χ0v) is 15.1. The molecule has 0 saturated carbocycles. The number of nitrogens with zero attached hydrogens (tertiary/aromatic N) is 1. The highest BCUT2D eigenvalue weighted by atomic mass is 35.5. The van der Waals surface area contributed by atoms with Gasteiger partial charge in [0.2, 0.25) is 0 Å². The number of amides is 1. The molecule has 0 aliphatic carbocycles. The molecule has 0 atom stereocenters. The predicted octanol–water partition coefficient (Wildman–Crippen LogP) is 3.69. The summed E-state index contributed by atoms with van der Waals surface area (Å²) in [6, 6.07) is 13.5. The van der Waals surface area contributed by atoms with Gasteiger partial charge in [-0.25, -0.2) is 8.42 Å².